The SMILES string of the molecule is CCN(Cc1ccc(Cl)s1)C(=O)NCc1cnn(-c2ccccc2)c1. The molecule has 0 aliphatic rings. The fourth-order valence-corrected chi connectivity index (χ4v) is 3.52. The van der Waals surface area contributed by atoms with E-state index in [-0.39, 0.29) is 6.03 Å². The van der Waals surface area contributed by atoms with Crippen molar-refractivity contribution in [3.63, 3.8) is 0 Å². The number of amides is 2. The molecule has 0 spiro atoms. The lowest BCUT2D eigenvalue weighted by Gasteiger charge is -2.20. The maximum Gasteiger partial charge on any atom is 0.317 e. The smallest absolute Gasteiger partial charge is 0.317 e. The second-order valence-electron chi connectivity index (χ2n) is 5.51. The van der Waals surface area contributed by atoms with Crippen molar-refractivity contribution in [2.24, 2.45) is 0 Å². The first-order valence-electron chi connectivity index (χ1n) is 8.01. The monoisotopic (exact) mass is 374 g/mol. The first kappa shape index (κ1) is 17.5. The average molecular weight is 375 g/mol. The molecule has 7 heteroatoms. The van der Waals surface area contributed by atoms with Gasteiger partial charge in [0.05, 0.1) is 22.8 Å². The number of halogens is 1. The van der Waals surface area contributed by atoms with Crippen LogP contribution in [0.5, 0.6) is 0 Å². The molecule has 1 N–H and O–H groups in total. The number of carbonyl (C=O) groups excluding carboxylic acids is 1. The molecule has 0 unspecified atom stereocenters. The van der Waals surface area contributed by atoms with Crippen LogP contribution in [-0.4, -0.2) is 27.3 Å². The van der Waals surface area contributed by atoms with Crippen LogP contribution in [0.3, 0.4) is 0 Å². The Bertz CT molecular complexity index is 830. The molecule has 1 aromatic carbocycles. The second-order valence-corrected chi connectivity index (χ2v) is 7.31. The number of rotatable bonds is 6. The van der Waals surface area contributed by atoms with Gasteiger partial charge in [0, 0.05) is 29.7 Å². The first-order valence-corrected chi connectivity index (χ1v) is 9.21. The molecule has 0 bridgehead atoms. The quantitative estimate of drug-likeness (QED) is 0.698. The van der Waals surface area contributed by atoms with E-state index in [9.17, 15) is 4.79 Å². The van der Waals surface area contributed by atoms with Crippen LogP contribution in [0, 0.1) is 0 Å². The molecule has 0 aliphatic heterocycles. The zero-order chi connectivity index (χ0) is 17.6. The van der Waals surface area contributed by atoms with Gasteiger partial charge < -0.3 is 10.2 Å². The Morgan fingerprint density at radius 3 is 2.76 bits per heavy atom. The highest BCUT2D eigenvalue weighted by atomic mass is 35.5. The van der Waals surface area contributed by atoms with Crippen LogP contribution in [0.2, 0.25) is 4.34 Å². The second kappa shape index (κ2) is 8.18. The summed E-state index contributed by atoms with van der Waals surface area (Å²) in [6.45, 7) is 3.59. The van der Waals surface area contributed by atoms with Crippen LogP contribution < -0.4 is 5.32 Å². The largest absolute Gasteiger partial charge is 0.334 e. The van der Waals surface area contributed by atoms with E-state index in [2.05, 4.69) is 10.4 Å². The lowest BCUT2D eigenvalue weighted by Crippen LogP contribution is -2.38. The highest BCUT2D eigenvalue weighted by molar-refractivity contribution is 7.16. The summed E-state index contributed by atoms with van der Waals surface area (Å²) < 4.78 is 2.53. The van der Waals surface area contributed by atoms with Gasteiger partial charge in [-0.1, -0.05) is 29.8 Å². The van der Waals surface area contributed by atoms with E-state index in [4.69, 9.17) is 11.6 Å². The summed E-state index contributed by atoms with van der Waals surface area (Å²) in [6.07, 6.45) is 3.69. The highest BCUT2D eigenvalue weighted by Crippen LogP contribution is 2.22. The van der Waals surface area contributed by atoms with Gasteiger partial charge in [0.1, 0.15) is 0 Å². The molecule has 2 heterocycles. The number of hydrogen-bond acceptors (Lipinski definition) is 3. The third-order valence-electron chi connectivity index (χ3n) is 3.75. The minimum Gasteiger partial charge on any atom is -0.334 e. The molecule has 0 aliphatic carbocycles. The highest BCUT2D eigenvalue weighted by Gasteiger charge is 2.13. The lowest BCUT2D eigenvalue weighted by atomic mass is 10.3. The Morgan fingerprint density at radius 1 is 1.28 bits per heavy atom. The van der Waals surface area contributed by atoms with Gasteiger partial charge in [-0.05, 0) is 31.2 Å². The van der Waals surface area contributed by atoms with Crippen LogP contribution in [0.4, 0.5) is 4.79 Å². The van der Waals surface area contributed by atoms with Crippen molar-refractivity contribution in [3.05, 3.63) is 69.6 Å². The Morgan fingerprint density at radius 2 is 2.08 bits per heavy atom. The number of hydrogen-bond donors (Lipinski definition) is 1. The van der Waals surface area contributed by atoms with Crippen molar-refractivity contribution < 1.29 is 4.79 Å². The van der Waals surface area contributed by atoms with Crippen LogP contribution >= 0.6 is 22.9 Å². The Labute approximate surface area is 155 Å². The number of benzene rings is 1. The number of thiophene rings is 1. The predicted octanol–water partition coefficient (Wildman–Crippen LogP) is 4.32. The molecule has 2 aromatic heterocycles. The molecule has 25 heavy (non-hydrogen) atoms. The molecule has 2 amide bonds. The van der Waals surface area contributed by atoms with Gasteiger partial charge in [-0.15, -0.1) is 11.3 Å². The first-order chi connectivity index (χ1) is 12.2. The fourth-order valence-electron chi connectivity index (χ4n) is 2.41. The minimum absolute atomic E-state index is 0.0977. The van der Waals surface area contributed by atoms with Crippen molar-refractivity contribution in [2.75, 3.05) is 6.54 Å². The summed E-state index contributed by atoms with van der Waals surface area (Å²) in [4.78, 5) is 15.2. The van der Waals surface area contributed by atoms with Crippen molar-refractivity contribution >= 4 is 29.0 Å². The summed E-state index contributed by atoms with van der Waals surface area (Å²) >= 11 is 7.45. The minimum atomic E-state index is -0.0977. The van der Waals surface area contributed by atoms with Gasteiger partial charge in [-0.3, -0.25) is 0 Å². The maximum atomic E-state index is 12.4. The van der Waals surface area contributed by atoms with Gasteiger partial charge in [0.2, 0.25) is 0 Å². The Balaban J connectivity index is 1.57. The molecular formula is C18H19ClN4OS. The number of para-hydroxylation sites is 1. The van der Waals surface area contributed by atoms with E-state index in [1.807, 2.05) is 55.6 Å². The molecular weight excluding hydrogens is 356 g/mol. The summed E-state index contributed by atoms with van der Waals surface area (Å²) in [6, 6.07) is 13.6. The van der Waals surface area contributed by atoms with Crippen LogP contribution in [0.25, 0.3) is 5.69 Å². The third-order valence-corrected chi connectivity index (χ3v) is 4.96. The normalized spacial score (nSPS) is 10.6. The molecule has 3 aromatic rings. The van der Waals surface area contributed by atoms with E-state index in [1.54, 1.807) is 15.8 Å². The van der Waals surface area contributed by atoms with Gasteiger partial charge in [0.25, 0.3) is 0 Å². The summed E-state index contributed by atoms with van der Waals surface area (Å²) in [5.41, 5.74) is 1.94. The van der Waals surface area contributed by atoms with Crippen molar-refractivity contribution in [3.8, 4) is 5.69 Å². The zero-order valence-electron chi connectivity index (χ0n) is 13.9. The van der Waals surface area contributed by atoms with E-state index in [0.717, 1.165) is 20.5 Å². The summed E-state index contributed by atoms with van der Waals surface area (Å²) in [7, 11) is 0. The van der Waals surface area contributed by atoms with Gasteiger partial charge in [-0.2, -0.15) is 5.10 Å². The maximum absolute atomic E-state index is 12.4. The standard InChI is InChI=1S/C18H19ClN4OS/c1-2-22(13-16-8-9-17(19)25-16)18(24)20-10-14-11-21-23(12-14)15-6-4-3-5-7-15/h3-9,11-12H,2,10,13H2,1H3,(H,20,24). The molecule has 0 saturated heterocycles. The molecule has 0 radical (unpaired) electrons. The number of nitrogens with one attached hydrogen (secondary N) is 1. The fraction of sp³-hybridized carbons (Fsp3) is 0.222. The lowest BCUT2D eigenvalue weighted by molar-refractivity contribution is 0.198. The van der Waals surface area contributed by atoms with Gasteiger partial charge >= 0.3 is 6.03 Å². The average Bonchev–Trinajstić information content (AvgIpc) is 3.27. The third kappa shape index (κ3) is 4.61. The predicted molar refractivity (Wildman–Crippen MR) is 101 cm³/mol. The Kier molecular flexibility index (Phi) is 5.73. The van der Waals surface area contributed by atoms with E-state index < -0.39 is 0 Å². The molecule has 0 fully saturated rings. The van der Waals surface area contributed by atoms with E-state index in [0.29, 0.717) is 19.6 Å². The Hall–Kier alpha value is -2.31. The van der Waals surface area contributed by atoms with Crippen molar-refractivity contribution in [1.29, 1.82) is 0 Å². The van der Waals surface area contributed by atoms with Gasteiger partial charge in [0.15, 0.2) is 0 Å². The van der Waals surface area contributed by atoms with E-state index in [1.165, 1.54) is 11.3 Å². The zero-order valence-corrected chi connectivity index (χ0v) is 15.4. The molecule has 130 valence electrons. The molecule has 0 atom stereocenters. The summed E-state index contributed by atoms with van der Waals surface area (Å²) in [5, 5.41) is 7.29. The summed E-state index contributed by atoms with van der Waals surface area (Å²) in [5.74, 6) is 0. The van der Waals surface area contributed by atoms with E-state index >= 15 is 0 Å². The van der Waals surface area contributed by atoms with Crippen molar-refractivity contribution in [1.82, 2.24) is 20.0 Å². The van der Waals surface area contributed by atoms with Crippen LogP contribution in [0.15, 0.2) is 54.9 Å². The van der Waals surface area contributed by atoms with Crippen LogP contribution in [0.1, 0.15) is 17.4 Å². The molecule has 3 rings (SSSR count). The van der Waals surface area contributed by atoms with Crippen molar-refractivity contribution in [2.45, 2.75) is 20.0 Å². The number of aromatic nitrogens is 2. The number of urea groups is 1. The number of carbonyl (C=O) groups is 1. The van der Waals surface area contributed by atoms with Crippen LogP contribution in [-0.2, 0) is 13.1 Å². The topological polar surface area (TPSA) is 50.2 Å². The van der Waals surface area contributed by atoms with Gasteiger partial charge in [-0.25, -0.2) is 9.48 Å². The molecule has 5 nitrogen and oxygen atoms in total. The number of nitrogens with zero attached hydrogens (tertiary/aromatic N) is 3. The molecule has 0 saturated carbocycles.